The van der Waals surface area contributed by atoms with E-state index in [1.807, 2.05) is 24.3 Å². The van der Waals surface area contributed by atoms with Crippen LogP contribution in [0.2, 0.25) is 5.15 Å². The van der Waals surface area contributed by atoms with Crippen LogP contribution in [-0.4, -0.2) is 17.1 Å². The predicted molar refractivity (Wildman–Crippen MR) is 90.3 cm³/mol. The maximum absolute atomic E-state index is 6.23. The summed E-state index contributed by atoms with van der Waals surface area (Å²) in [4.78, 5) is 9.03. The Morgan fingerprint density at radius 1 is 1.20 bits per heavy atom. The first-order valence-electron chi connectivity index (χ1n) is 6.37. The van der Waals surface area contributed by atoms with Crippen LogP contribution >= 0.6 is 34.2 Å². The summed E-state index contributed by atoms with van der Waals surface area (Å²) in [6.07, 6.45) is 0.893. The van der Waals surface area contributed by atoms with Crippen LogP contribution in [-0.2, 0) is 6.42 Å². The fourth-order valence-corrected chi connectivity index (χ4v) is 2.50. The first kappa shape index (κ1) is 15.5. The minimum absolute atomic E-state index is 0.516. The van der Waals surface area contributed by atoms with Gasteiger partial charge in [-0.25, -0.2) is 9.97 Å². The van der Waals surface area contributed by atoms with E-state index in [0.717, 1.165) is 27.0 Å². The number of aromatic nitrogens is 2. The van der Waals surface area contributed by atoms with E-state index in [-0.39, 0.29) is 0 Å². The number of hydrogen-bond acceptors (Lipinski definition) is 3. The Morgan fingerprint density at radius 2 is 1.85 bits per heavy atom. The van der Waals surface area contributed by atoms with Gasteiger partial charge in [0.2, 0.25) is 0 Å². The molecular formula is C15H16ClIN2O. The lowest BCUT2D eigenvalue weighted by Gasteiger charge is -2.10. The highest BCUT2D eigenvalue weighted by molar-refractivity contribution is 14.1. The number of rotatable bonds is 4. The summed E-state index contributed by atoms with van der Waals surface area (Å²) in [5.74, 6) is 2.00. The molecule has 1 heterocycles. The van der Waals surface area contributed by atoms with E-state index in [2.05, 4.69) is 46.4 Å². The number of halogens is 2. The van der Waals surface area contributed by atoms with E-state index in [0.29, 0.717) is 16.9 Å². The van der Waals surface area contributed by atoms with Gasteiger partial charge in [0, 0.05) is 5.56 Å². The predicted octanol–water partition coefficient (Wildman–Crippen LogP) is 4.61. The zero-order valence-electron chi connectivity index (χ0n) is 11.7. The topological polar surface area (TPSA) is 35.0 Å². The molecule has 0 saturated heterocycles. The van der Waals surface area contributed by atoms with Gasteiger partial charge in [-0.05, 0) is 59.2 Å². The molecule has 0 aliphatic carbocycles. The second kappa shape index (κ2) is 6.72. The zero-order chi connectivity index (χ0) is 14.7. The molecule has 2 rings (SSSR count). The van der Waals surface area contributed by atoms with E-state index in [4.69, 9.17) is 16.3 Å². The van der Waals surface area contributed by atoms with Crippen molar-refractivity contribution in [3.05, 3.63) is 38.7 Å². The van der Waals surface area contributed by atoms with Gasteiger partial charge in [-0.3, -0.25) is 0 Å². The largest absolute Gasteiger partial charge is 0.497 e. The molecular weight excluding hydrogens is 387 g/mol. The highest BCUT2D eigenvalue weighted by Crippen LogP contribution is 2.26. The standard InChI is InChI=1S/C15H16ClIN2O/c1-9(2)8-12-13(17)14(16)19-15(18-12)10-4-6-11(20-3)7-5-10/h4-7,9H,8H2,1-3H3. The van der Waals surface area contributed by atoms with Crippen LogP contribution in [0.5, 0.6) is 5.75 Å². The molecule has 0 N–H and O–H groups in total. The summed E-state index contributed by atoms with van der Waals surface area (Å²) in [6, 6.07) is 7.67. The normalized spacial score (nSPS) is 10.9. The molecule has 0 bridgehead atoms. The molecule has 0 aliphatic rings. The van der Waals surface area contributed by atoms with Crippen molar-refractivity contribution in [2.45, 2.75) is 20.3 Å². The van der Waals surface area contributed by atoms with Gasteiger partial charge in [0.05, 0.1) is 16.4 Å². The van der Waals surface area contributed by atoms with Crippen molar-refractivity contribution in [2.75, 3.05) is 7.11 Å². The van der Waals surface area contributed by atoms with Crippen molar-refractivity contribution < 1.29 is 4.74 Å². The number of nitrogens with zero attached hydrogens (tertiary/aromatic N) is 2. The summed E-state index contributed by atoms with van der Waals surface area (Å²) < 4.78 is 6.10. The van der Waals surface area contributed by atoms with Crippen molar-refractivity contribution in [3.8, 4) is 17.1 Å². The molecule has 106 valence electrons. The third-order valence-corrected chi connectivity index (χ3v) is 4.56. The fourth-order valence-electron chi connectivity index (χ4n) is 1.85. The quantitative estimate of drug-likeness (QED) is 0.553. The van der Waals surface area contributed by atoms with Gasteiger partial charge in [-0.2, -0.15) is 0 Å². The first-order chi connectivity index (χ1) is 9.51. The second-order valence-corrected chi connectivity index (χ2v) is 6.36. The van der Waals surface area contributed by atoms with Crippen molar-refractivity contribution in [1.82, 2.24) is 9.97 Å². The van der Waals surface area contributed by atoms with Crippen LogP contribution in [0, 0.1) is 9.49 Å². The average Bonchev–Trinajstić information content (AvgIpc) is 2.43. The van der Waals surface area contributed by atoms with E-state index < -0.39 is 0 Å². The Bertz CT molecular complexity index is 600. The Kier molecular flexibility index (Phi) is 5.21. The Labute approximate surface area is 137 Å². The van der Waals surface area contributed by atoms with Gasteiger partial charge in [0.15, 0.2) is 5.82 Å². The molecule has 0 saturated carbocycles. The SMILES string of the molecule is COc1ccc(-c2nc(Cl)c(I)c(CC(C)C)n2)cc1. The van der Waals surface area contributed by atoms with Crippen LogP contribution < -0.4 is 4.74 Å². The highest BCUT2D eigenvalue weighted by atomic mass is 127. The summed E-state index contributed by atoms with van der Waals surface area (Å²) in [6.45, 7) is 4.33. The van der Waals surface area contributed by atoms with Gasteiger partial charge < -0.3 is 4.74 Å². The molecule has 2 aromatic rings. The molecule has 1 aromatic heterocycles. The fraction of sp³-hybridized carbons (Fsp3) is 0.333. The van der Waals surface area contributed by atoms with Gasteiger partial charge in [0.1, 0.15) is 10.9 Å². The van der Waals surface area contributed by atoms with E-state index in [1.54, 1.807) is 7.11 Å². The van der Waals surface area contributed by atoms with Gasteiger partial charge in [-0.1, -0.05) is 25.4 Å². The first-order valence-corrected chi connectivity index (χ1v) is 7.83. The molecule has 5 heteroatoms. The van der Waals surface area contributed by atoms with Crippen molar-refractivity contribution in [3.63, 3.8) is 0 Å². The summed E-state index contributed by atoms with van der Waals surface area (Å²) in [7, 11) is 1.65. The molecule has 0 spiro atoms. The van der Waals surface area contributed by atoms with E-state index in [9.17, 15) is 0 Å². The van der Waals surface area contributed by atoms with Crippen molar-refractivity contribution in [2.24, 2.45) is 5.92 Å². The van der Waals surface area contributed by atoms with Gasteiger partial charge in [-0.15, -0.1) is 0 Å². The molecule has 0 aliphatic heterocycles. The Balaban J connectivity index is 2.42. The number of hydrogen-bond donors (Lipinski definition) is 0. The zero-order valence-corrected chi connectivity index (χ0v) is 14.6. The average molecular weight is 403 g/mol. The lowest BCUT2D eigenvalue weighted by Crippen LogP contribution is -2.04. The van der Waals surface area contributed by atoms with Crippen LogP contribution in [0.1, 0.15) is 19.5 Å². The molecule has 0 fully saturated rings. The van der Waals surface area contributed by atoms with Crippen molar-refractivity contribution >= 4 is 34.2 Å². The second-order valence-electron chi connectivity index (χ2n) is 4.93. The molecule has 1 aromatic carbocycles. The molecule has 0 radical (unpaired) electrons. The van der Waals surface area contributed by atoms with Crippen LogP contribution in [0.25, 0.3) is 11.4 Å². The number of ether oxygens (including phenoxy) is 1. The third kappa shape index (κ3) is 3.61. The van der Waals surface area contributed by atoms with Crippen LogP contribution in [0.15, 0.2) is 24.3 Å². The molecule has 20 heavy (non-hydrogen) atoms. The molecule has 3 nitrogen and oxygen atoms in total. The smallest absolute Gasteiger partial charge is 0.161 e. The summed E-state index contributed by atoms with van der Waals surface area (Å²) in [5.41, 5.74) is 1.94. The summed E-state index contributed by atoms with van der Waals surface area (Å²) in [5, 5.41) is 0.516. The number of benzene rings is 1. The highest BCUT2D eigenvalue weighted by Gasteiger charge is 2.13. The maximum Gasteiger partial charge on any atom is 0.161 e. The van der Waals surface area contributed by atoms with Gasteiger partial charge >= 0.3 is 0 Å². The Hall–Kier alpha value is -0.880. The number of methoxy groups -OCH3 is 1. The molecule has 0 unspecified atom stereocenters. The molecule has 0 amide bonds. The van der Waals surface area contributed by atoms with Crippen LogP contribution in [0.3, 0.4) is 0 Å². The minimum atomic E-state index is 0.516. The maximum atomic E-state index is 6.23. The van der Waals surface area contributed by atoms with E-state index >= 15 is 0 Å². The van der Waals surface area contributed by atoms with Crippen LogP contribution in [0.4, 0.5) is 0 Å². The minimum Gasteiger partial charge on any atom is -0.497 e. The third-order valence-electron chi connectivity index (χ3n) is 2.83. The van der Waals surface area contributed by atoms with E-state index in [1.165, 1.54) is 0 Å². The van der Waals surface area contributed by atoms with Gasteiger partial charge in [0.25, 0.3) is 0 Å². The lowest BCUT2D eigenvalue weighted by atomic mass is 10.1. The lowest BCUT2D eigenvalue weighted by molar-refractivity contribution is 0.415. The molecule has 0 atom stereocenters. The monoisotopic (exact) mass is 402 g/mol. The Morgan fingerprint density at radius 3 is 2.40 bits per heavy atom. The van der Waals surface area contributed by atoms with Crippen molar-refractivity contribution in [1.29, 1.82) is 0 Å². The summed E-state index contributed by atoms with van der Waals surface area (Å²) >= 11 is 8.44.